The van der Waals surface area contributed by atoms with E-state index in [2.05, 4.69) is 16.5 Å². The number of rotatable bonds is 7. The van der Waals surface area contributed by atoms with Gasteiger partial charge in [-0.15, -0.1) is 0 Å². The number of aromatic amines is 1. The number of nitrogens with one attached hydrogen (secondary N) is 1. The predicted molar refractivity (Wildman–Crippen MR) is 142 cm³/mol. The molecule has 1 aliphatic heterocycles. The van der Waals surface area contributed by atoms with Gasteiger partial charge in [-0.3, -0.25) is 0 Å². The molecule has 0 aliphatic carbocycles. The number of ether oxygens (including phenoxy) is 1. The van der Waals surface area contributed by atoms with Gasteiger partial charge in [0.05, 0.1) is 5.52 Å². The molecule has 3 aromatic carbocycles. The van der Waals surface area contributed by atoms with Crippen LogP contribution in [-0.4, -0.2) is 14.5 Å². The van der Waals surface area contributed by atoms with Gasteiger partial charge in [0.1, 0.15) is 17.4 Å². The van der Waals surface area contributed by atoms with Gasteiger partial charge in [0.25, 0.3) is 0 Å². The van der Waals surface area contributed by atoms with Crippen molar-refractivity contribution in [2.24, 2.45) is 0 Å². The standard InChI is InChI=1S/C31H28F3N3O/c1-3-4-6-20-7-5-8-22(28(20)33)18(2)27-17-36-31-24-15-21(10-9-19(24)12-14-37(27)31)38-30-25(32)16-26-23(29(30)34)11-13-35-26/h5,7-11,13,15-18,35H,3-4,6,12,14H2,1-2H3. The molecule has 7 heteroatoms. The fourth-order valence-electron chi connectivity index (χ4n) is 5.44. The molecular formula is C31H28F3N3O. The number of halogens is 3. The molecule has 6 rings (SSSR count). The summed E-state index contributed by atoms with van der Waals surface area (Å²) in [6.45, 7) is 4.82. The first-order valence-electron chi connectivity index (χ1n) is 13.0. The molecule has 1 unspecified atom stereocenters. The molecule has 0 radical (unpaired) electrons. The van der Waals surface area contributed by atoms with E-state index in [1.807, 2.05) is 31.2 Å². The Morgan fingerprint density at radius 2 is 1.95 bits per heavy atom. The van der Waals surface area contributed by atoms with Crippen LogP contribution in [0.1, 0.15) is 55.0 Å². The molecule has 1 N–H and O–H groups in total. The molecule has 0 spiro atoms. The molecule has 0 amide bonds. The summed E-state index contributed by atoms with van der Waals surface area (Å²) in [4.78, 5) is 7.51. The topological polar surface area (TPSA) is 42.8 Å². The summed E-state index contributed by atoms with van der Waals surface area (Å²) in [5.41, 5.74) is 4.62. The molecule has 3 heterocycles. The maximum Gasteiger partial charge on any atom is 0.199 e. The second-order valence-corrected chi connectivity index (χ2v) is 9.92. The lowest BCUT2D eigenvalue weighted by atomic mass is 9.93. The second kappa shape index (κ2) is 9.71. The monoisotopic (exact) mass is 515 g/mol. The van der Waals surface area contributed by atoms with E-state index in [1.54, 1.807) is 30.6 Å². The van der Waals surface area contributed by atoms with Crippen LogP contribution in [0.5, 0.6) is 11.5 Å². The number of fused-ring (bicyclic) bond motifs is 4. The van der Waals surface area contributed by atoms with Crippen LogP contribution in [0.25, 0.3) is 22.3 Å². The second-order valence-electron chi connectivity index (χ2n) is 9.92. The summed E-state index contributed by atoms with van der Waals surface area (Å²) in [6, 6.07) is 13.8. The maximum atomic E-state index is 15.4. The number of unbranched alkanes of at least 4 members (excludes halogenated alkanes) is 1. The van der Waals surface area contributed by atoms with Crippen molar-refractivity contribution in [2.45, 2.75) is 52.0 Å². The molecule has 4 nitrogen and oxygen atoms in total. The fraction of sp³-hybridized carbons (Fsp3) is 0.258. The Hall–Kier alpha value is -4.00. The van der Waals surface area contributed by atoms with E-state index in [0.717, 1.165) is 53.9 Å². The Bertz CT molecular complexity index is 1650. The summed E-state index contributed by atoms with van der Waals surface area (Å²) in [5.74, 6) is -1.24. The van der Waals surface area contributed by atoms with Gasteiger partial charge < -0.3 is 14.3 Å². The molecule has 194 valence electrons. The first kappa shape index (κ1) is 24.3. The highest BCUT2D eigenvalue weighted by atomic mass is 19.1. The Morgan fingerprint density at radius 1 is 1.08 bits per heavy atom. The van der Waals surface area contributed by atoms with Crippen LogP contribution in [0, 0.1) is 17.5 Å². The maximum absolute atomic E-state index is 15.4. The molecule has 0 bridgehead atoms. The third-order valence-corrected chi connectivity index (χ3v) is 7.55. The van der Waals surface area contributed by atoms with Gasteiger partial charge >= 0.3 is 0 Å². The summed E-state index contributed by atoms with van der Waals surface area (Å²) in [5, 5.41) is 0.263. The van der Waals surface area contributed by atoms with Crippen LogP contribution in [0.4, 0.5) is 13.2 Å². The predicted octanol–water partition coefficient (Wildman–Crippen LogP) is 8.29. The van der Waals surface area contributed by atoms with Crippen molar-refractivity contribution in [3.63, 3.8) is 0 Å². The van der Waals surface area contributed by atoms with Gasteiger partial charge in [0, 0.05) is 47.6 Å². The summed E-state index contributed by atoms with van der Waals surface area (Å²) >= 11 is 0. The van der Waals surface area contributed by atoms with E-state index >= 15 is 4.39 Å². The lowest BCUT2D eigenvalue weighted by Crippen LogP contribution is -2.16. The minimum absolute atomic E-state index is 0.139. The molecule has 0 saturated carbocycles. The summed E-state index contributed by atoms with van der Waals surface area (Å²) in [7, 11) is 0. The van der Waals surface area contributed by atoms with Gasteiger partial charge in [-0.2, -0.15) is 0 Å². The summed E-state index contributed by atoms with van der Waals surface area (Å²) < 4.78 is 52.9. The van der Waals surface area contributed by atoms with Crippen molar-refractivity contribution < 1.29 is 17.9 Å². The lowest BCUT2D eigenvalue weighted by molar-refractivity contribution is 0.411. The average molecular weight is 516 g/mol. The van der Waals surface area contributed by atoms with Gasteiger partial charge in [-0.05, 0) is 54.2 Å². The lowest BCUT2D eigenvalue weighted by Gasteiger charge is -2.23. The van der Waals surface area contributed by atoms with Crippen molar-refractivity contribution >= 4 is 10.9 Å². The number of hydrogen-bond acceptors (Lipinski definition) is 2. The van der Waals surface area contributed by atoms with E-state index in [4.69, 9.17) is 9.72 Å². The Kier molecular flexibility index (Phi) is 6.22. The average Bonchev–Trinajstić information content (AvgIpc) is 3.57. The fourth-order valence-corrected chi connectivity index (χ4v) is 5.44. The van der Waals surface area contributed by atoms with Crippen LogP contribution in [0.15, 0.2) is 60.9 Å². The Morgan fingerprint density at radius 3 is 2.79 bits per heavy atom. The Labute approximate surface area is 219 Å². The van der Waals surface area contributed by atoms with Crippen LogP contribution in [-0.2, 0) is 19.4 Å². The first-order valence-corrected chi connectivity index (χ1v) is 13.0. The molecular weight excluding hydrogens is 487 g/mol. The van der Waals surface area contributed by atoms with Gasteiger partial charge in [0.15, 0.2) is 17.4 Å². The normalized spacial score (nSPS) is 13.4. The zero-order valence-corrected chi connectivity index (χ0v) is 21.3. The van der Waals surface area contributed by atoms with Gasteiger partial charge in [-0.25, -0.2) is 18.2 Å². The van der Waals surface area contributed by atoms with Gasteiger partial charge in [0.2, 0.25) is 0 Å². The minimum Gasteiger partial charge on any atom is -0.451 e. The highest BCUT2D eigenvalue weighted by Gasteiger charge is 2.26. The van der Waals surface area contributed by atoms with Crippen molar-refractivity contribution in [3.05, 3.63) is 101 Å². The van der Waals surface area contributed by atoms with E-state index in [9.17, 15) is 8.78 Å². The van der Waals surface area contributed by atoms with Crippen LogP contribution in [0.3, 0.4) is 0 Å². The molecule has 2 aromatic heterocycles. The molecule has 5 aromatic rings. The number of aryl methyl sites for hydroxylation is 2. The number of imidazole rings is 1. The van der Waals surface area contributed by atoms with Crippen LogP contribution in [0.2, 0.25) is 0 Å². The van der Waals surface area contributed by atoms with Crippen molar-refractivity contribution in [2.75, 3.05) is 0 Å². The number of H-pyrrole nitrogens is 1. The first-order chi connectivity index (χ1) is 18.5. The number of hydrogen-bond donors (Lipinski definition) is 1. The largest absolute Gasteiger partial charge is 0.451 e. The van der Waals surface area contributed by atoms with Crippen molar-refractivity contribution in [3.8, 4) is 22.9 Å². The zero-order chi connectivity index (χ0) is 26.4. The van der Waals surface area contributed by atoms with E-state index in [1.165, 1.54) is 6.07 Å². The summed E-state index contributed by atoms with van der Waals surface area (Å²) in [6.07, 6.45) is 6.81. The number of nitrogens with zero attached hydrogens (tertiary/aromatic N) is 2. The third-order valence-electron chi connectivity index (χ3n) is 7.55. The molecule has 1 aliphatic rings. The molecule has 1 atom stereocenters. The van der Waals surface area contributed by atoms with Crippen LogP contribution < -0.4 is 4.74 Å². The van der Waals surface area contributed by atoms with Crippen molar-refractivity contribution in [1.82, 2.24) is 14.5 Å². The number of aromatic nitrogens is 3. The molecule has 0 saturated heterocycles. The Balaban J connectivity index is 1.34. The van der Waals surface area contributed by atoms with E-state index in [0.29, 0.717) is 23.4 Å². The van der Waals surface area contributed by atoms with Crippen molar-refractivity contribution in [1.29, 1.82) is 0 Å². The number of benzene rings is 3. The minimum atomic E-state index is -0.782. The highest BCUT2D eigenvalue weighted by molar-refractivity contribution is 5.82. The quantitative estimate of drug-likeness (QED) is 0.237. The smallest absolute Gasteiger partial charge is 0.199 e. The zero-order valence-electron chi connectivity index (χ0n) is 21.3. The SMILES string of the molecule is CCCCc1cccc(C(C)c2cnc3n2CCc2ccc(Oc4c(F)cc5[nH]ccc5c4F)cc2-3)c1F. The third kappa shape index (κ3) is 4.06. The van der Waals surface area contributed by atoms with Crippen LogP contribution >= 0.6 is 0 Å². The van der Waals surface area contributed by atoms with E-state index in [-0.39, 0.29) is 17.1 Å². The molecule has 38 heavy (non-hydrogen) atoms. The van der Waals surface area contributed by atoms with Gasteiger partial charge in [-0.1, -0.05) is 44.5 Å². The highest BCUT2D eigenvalue weighted by Crippen LogP contribution is 2.39. The van der Waals surface area contributed by atoms with E-state index < -0.39 is 17.4 Å². The molecule has 0 fully saturated rings.